The number of carbonyl (C=O) groups is 1. The van der Waals surface area contributed by atoms with Gasteiger partial charge in [-0.3, -0.25) is 4.79 Å². The summed E-state index contributed by atoms with van der Waals surface area (Å²) in [4.78, 5) is 13.3. The highest BCUT2D eigenvalue weighted by Gasteiger charge is 2.21. The monoisotopic (exact) mass is 298 g/mol. The number of thioether (sulfide) groups is 1. The summed E-state index contributed by atoms with van der Waals surface area (Å²) in [5.74, 6) is 1.19. The van der Waals surface area contributed by atoms with Crippen LogP contribution >= 0.6 is 23.4 Å². The van der Waals surface area contributed by atoms with Crippen LogP contribution in [0.3, 0.4) is 0 Å². The molecule has 0 bridgehead atoms. The number of halogens is 1. The molecule has 2 rings (SSSR count). The minimum Gasteiger partial charge on any atom is -0.325 e. The van der Waals surface area contributed by atoms with Gasteiger partial charge in [0, 0.05) is 15.8 Å². The van der Waals surface area contributed by atoms with E-state index < -0.39 is 0 Å². The molecule has 1 fully saturated rings. The molecular formula is C14H19ClN2OS. The lowest BCUT2D eigenvalue weighted by Gasteiger charge is -2.22. The summed E-state index contributed by atoms with van der Waals surface area (Å²) in [6, 6.07) is 5.66. The van der Waals surface area contributed by atoms with Crippen LogP contribution in [0.4, 0.5) is 5.69 Å². The molecule has 0 saturated carbocycles. The van der Waals surface area contributed by atoms with E-state index in [4.69, 9.17) is 11.6 Å². The van der Waals surface area contributed by atoms with Gasteiger partial charge in [-0.15, -0.1) is 11.8 Å². The Bertz CT molecular complexity index is 447. The second-order valence-corrected chi connectivity index (χ2v) is 6.33. The van der Waals surface area contributed by atoms with Crippen LogP contribution in [0.25, 0.3) is 0 Å². The summed E-state index contributed by atoms with van der Waals surface area (Å²) < 4.78 is 0. The highest BCUT2D eigenvalue weighted by Crippen LogP contribution is 2.30. The van der Waals surface area contributed by atoms with E-state index in [1.54, 1.807) is 11.8 Å². The lowest BCUT2D eigenvalue weighted by Crippen LogP contribution is -2.34. The van der Waals surface area contributed by atoms with Gasteiger partial charge in [0.2, 0.25) is 5.91 Å². The zero-order valence-electron chi connectivity index (χ0n) is 11.0. The molecule has 1 amide bonds. The Labute approximate surface area is 123 Å². The molecule has 1 aromatic rings. The van der Waals surface area contributed by atoms with Gasteiger partial charge in [0.25, 0.3) is 0 Å². The molecule has 0 aliphatic carbocycles. The van der Waals surface area contributed by atoms with Gasteiger partial charge in [-0.1, -0.05) is 18.5 Å². The van der Waals surface area contributed by atoms with Gasteiger partial charge >= 0.3 is 0 Å². The third kappa shape index (κ3) is 4.13. The quantitative estimate of drug-likeness (QED) is 0.837. The number of hydrogen-bond acceptors (Lipinski definition) is 3. The molecule has 1 aliphatic heterocycles. The zero-order valence-corrected chi connectivity index (χ0v) is 12.6. The lowest BCUT2D eigenvalue weighted by atomic mass is 9.97. The molecule has 1 heterocycles. The van der Waals surface area contributed by atoms with Gasteiger partial charge in [0.15, 0.2) is 0 Å². The first-order valence-corrected chi connectivity index (χ1v) is 8.01. The third-order valence-corrected chi connectivity index (χ3v) is 4.40. The lowest BCUT2D eigenvalue weighted by molar-refractivity contribution is -0.120. The Hall–Kier alpha value is -0.710. The summed E-state index contributed by atoms with van der Waals surface area (Å²) in [7, 11) is 0. The molecule has 0 unspecified atom stereocenters. The highest BCUT2D eigenvalue weighted by atomic mass is 35.5. The van der Waals surface area contributed by atoms with Gasteiger partial charge in [-0.2, -0.15) is 0 Å². The summed E-state index contributed by atoms with van der Waals surface area (Å²) in [6.07, 6.45) is 1.81. The molecule has 2 N–H and O–H groups in total. The Kier molecular flexibility index (Phi) is 5.55. The fraction of sp³-hybridized carbons (Fsp3) is 0.500. The van der Waals surface area contributed by atoms with Crippen LogP contribution in [0.2, 0.25) is 5.02 Å². The molecule has 0 spiro atoms. The second kappa shape index (κ2) is 7.17. The van der Waals surface area contributed by atoms with Crippen LogP contribution in [-0.4, -0.2) is 24.7 Å². The highest BCUT2D eigenvalue weighted by molar-refractivity contribution is 7.99. The molecule has 5 heteroatoms. The Morgan fingerprint density at radius 2 is 2.21 bits per heavy atom. The summed E-state index contributed by atoms with van der Waals surface area (Å²) >= 11 is 7.73. The SMILES string of the molecule is CCSc1ccc(Cl)cc1NC(=O)C1CCNCC1. The van der Waals surface area contributed by atoms with Crippen molar-refractivity contribution in [2.24, 2.45) is 5.92 Å². The molecule has 104 valence electrons. The number of carbonyl (C=O) groups excluding carboxylic acids is 1. The number of nitrogens with one attached hydrogen (secondary N) is 2. The average Bonchev–Trinajstić information content (AvgIpc) is 2.43. The van der Waals surface area contributed by atoms with Crippen molar-refractivity contribution in [3.63, 3.8) is 0 Å². The van der Waals surface area contributed by atoms with Gasteiger partial charge in [0.1, 0.15) is 0 Å². The van der Waals surface area contributed by atoms with Crippen molar-refractivity contribution in [3.8, 4) is 0 Å². The van der Waals surface area contributed by atoms with E-state index >= 15 is 0 Å². The van der Waals surface area contributed by atoms with Crippen LogP contribution in [0.5, 0.6) is 0 Å². The predicted molar refractivity (Wildman–Crippen MR) is 82.1 cm³/mol. The Morgan fingerprint density at radius 3 is 2.89 bits per heavy atom. The molecule has 3 nitrogen and oxygen atoms in total. The molecule has 0 atom stereocenters. The maximum absolute atomic E-state index is 12.2. The number of anilines is 1. The smallest absolute Gasteiger partial charge is 0.227 e. The zero-order chi connectivity index (χ0) is 13.7. The van der Waals surface area contributed by atoms with Crippen molar-refractivity contribution < 1.29 is 4.79 Å². The summed E-state index contributed by atoms with van der Waals surface area (Å²) in [6.45, 7) is 3.94. The summed E-state index contributed by atoms with van der Waals surface area (Å²) in [5.41, 5.74) is 0.836. The first-order valence-electron chi connectivity index (χ1n) is 6.64. The minimum atomic E-state index is 0.111. The average molecular weight is 299 g/mol. The molecule has 19 heavy (non-hydrogen) atoms. The number of amides is 1. The van der Waals surface area contributed by atoms with E-state index in [1.165, 1.54) is 0 Å². The number of hydrogen-bond donors (Lipinski definition) is 2. The van der Waals surface area contributed by atoms with Crippen LogP contribution in [-0.2, 0) is 4.79 Å². The van der Waals surface area contributed by atoms with Crippen LogP contribution in [0.15, 0.2) is 23.1 Å². The fourth-order valence-electron chi connectivity index (χ4n) is 2.20. The molecule has 1 saturated heterocycles. The number of benzene rings is 1. The second-order valence-electron chi connectivity index (χ2n) is 4.59. The molecular weight excluding hydrogens is 280 g/mol. The fourth-order valence-corrected chi connectivity index (χ4v) is 3.11. The first-order chi connectivity index (χ1) is 9.20. The largest absolute Gasteiger partial charge is 0.325 e. The van der Waals surface area contributed by atoms with Crippen molar-refractivity contribution in [2.75, 3.05) is 24.2 Å². The van der Waals surface area contributed by atoms with E-state index in [0.29, 0.717) is 5.02 Å². The maximum Gasteiger partial charge on any atom is 0.227 e. The third-order valence-electron chi connectivity index (χ3n) is 3.21. The normalized spacial score (nSPS) is 16.3. The van der Waals surface area contributed by atoms with E-state index in [9.17, 15) is 4.79 Å². The first kappa shape index (κ1) is 14.7. The van der Waals surface area contributed by atoms with Crippen molar-refractivity contribution in [1.82, 2.24) is 5.32 Å². The van der Waals surface area contributed by atoms with Gasteiger partial charge in [-0.05, 0) is 49.9 Å². The molecule has 1 aromatic carbocycles. The van der Waals surface area contributed by atoms with Crippen molar-refractivity contribution in [3.05, 3.63) is 23.2 Å². The molecule has 0 aromatic heterocycles. The Balaban J connectivity index is 2.08. The number of piperidine rings is 1. The Morgan fingerprint density at radius 1 is 1.47 bits per heavy atom. The van der Waals surface area contributed by atoms with E-state index in [1.807, 2.05) is 18.2 Å². The van der Waals surface area contributed by atoms with Crippen molar-refractivity contribution in [2.45, 2.75) is 24.7 Å². The maximum atomic E-state index is 12.2. The summed E-state index contributed by atoms with van der Waals surface area (Å²) in [5, 5.41) is 6.96. The van der Waals surface area contributed by atoms with Crippen LogP contribution < -0.4 is 10.6 Å². The number of rotatable bonds is 4. The van der Waals surface area contributed by atoms with E-state index in [2.05, 4.69) is 17.6 Å². The van der Waals surface area contributed by atoms with Gasteiger partial charge in [-0.25, -0.2) is 0 Å². The van der Waals surface area contributed by atoms with Gasteiger partial charge in [0.05, 0.1) is 5.69 Å². The van der Waals surface area contributed by atoms with Crippen LogP contribution in [0.1, 0.15) is 19.8 Å². The van der Waals surface area contributed by atoms with Crippen molar-refractivity contribution in [1.29, 1.82) is 0 Å². The predicted octanol–water partition coefficient (Wildman–Crippen LogP) is 3.39. The van der Waals surface area contributed by atoms with E-state index in [-0.39, 0.29) is 11.8 Å². The topological polar surface area (TPSA) is 41.1 Å². The molecule has 0 radical (unpaired) electrons. The van der Waals surface area contributed by atoms with Crippen LogP contribution in [0, 0.1) is 5.92 Å². The van der Waals surface area contributed by atoms with Crippen molar-refractivity contribution >= 4 is 35.0 Å². The van der Waals surface area contributed by atoms with Gasteiger partial charge < -0.3 is 10.6 Å². The van der Waals surface area contributed by atoms with E-state index in [0.717, 1.165) is 42.3 Å². The standard InChI is InChI=1S/C14H19ClN2OS/c1-2-19-13-4-3-11(15)9-12(13)17-14(18)10-5-7-16-8-6-10/h3-4,9-10,16H,2,5-8H2,1H3,(H,17,18). The minimum absolute atomic E-state index is 0.111. The molecule has 1 aliphatic rings.